The van der Waals surface area contributed by atoms with Crippen LogP contribution in [0.25, 0.3) is 27.7 Å². The number of benzene rings is 1. The average molecular weight is 355 g/mol. The van der Waals surface area contributed by atoms with Crippen molar-refractivity contribution in [2.24, 2.45) is 7.05 Å². The molecule has 25 heavy (non-hydrogen) atoms. The van der Waals surface area contributed by atoms with Crippen molar-refractivity contribution >= 4 is 17.1 Å². The zero-order valence-electron chi connectivity index (χ0n) is 14.1. The molecular formula is C19H18FN3OS. The lowest BCUT2D eigenvalue weighted by Gasteiger charge is -2.06. The van der Waals surface area contributed by atoms with Crippen LogP contribution in [0, 0.1) is 5.82 Å². The summed E-state index contributed by atoms with van der Waals surface area (Å²) in [5.41, 5.74) is 4.84. The number of thiazole rings is 1. The molecule has 0 N–H and O–H groups in total. The van der Waals surface area contributed by atoms with E-state index in [1.165, 1.54) is 17.7 Å². The third kappa shape index (κ3) is 3.09. The van der Waals surface area contributed by atoms with Crippen LogP contribution in [0.4, 0.5) is 4.39 Å². The number of hydrogen-bond acceptors (Lipinski definition) is 4. The van der Waals surface area contributed by atoms with E-state index in [0.29, 0.717) is 6.61 Å². The van der Waals surface area contributed by atoms with Gasteiger partial charge in [0.15, 0.2) is 0 Å². The van der Waals surface area contributed by atoms with Gasteiger partial charge in [-0.15, -0.1) is 11.3 Å². The van der Waals surface area contributed by atoms with Crippen LogP contribution < -0.4 is 0 Å². The SMILES string of the molecule is CCOC(=C1CC1)c1csc(-c2c(-c3ccc(F)cc3)ncn2C)n1. The Bertz CT molecular complexity index is 934. The molecule has 1 aromatic carbocycles. The van der Waals surface area contributed by atoms with Gasteiger partial charge in [-0.05, 0) is 49.6 Å². The number of nitrogens with zero attached hydrogens (tertiary/aromatic N) is 3. The Labute approximate surface area is 149 Å². The fraction of sp³-hybridized carbons (Fsp3) is 0.263. The molecule has 6 heteroatoms. The molecule has 0 spiro atoms. The molecular weight excluding hydrogens is 337 g/mol. The van der Waals surface area contributed by atoms with Crippen molar-refractivity contribution in [3.8, 4) is 22.0 Å². The molecule has 1 aliphatic rings. The maximum atomic E-state index is 13.2. The topological polar surface area (TPSA) is 39.9 Å². The van der Waals surface area contributed by atoms with Gasteiger partial charge in [0, 0.05) is 18.0 Å². The Morgan fingerprint density at radius 1 is 1.28 bits per heavy atom. The molecule has 0 bridgehead atoms. The minimum Gasteiger partial charge on any atom is -0.492 e. The third-order valence-corrected chi connectivity index (χ3v) is 4.95. The molecule has 0 saturated heterocycles. The smallest absolute Gasteiger partial charge is 0.144 e. The number of aromatic nitrogens is 3. The molecule has 1 aliphatic carbocycles. The van der Waals surface area contributed by atoms with Gasteiger partial charge >= 0.3 is 0 Å². The second-order valence-electron chi connectivity index (χ2n) is 5.96. The predicted molar refractivity (Wildman–Crippen MR) is 97.5 cm³/mol. The first-order chi connectivity index (χ1) is 12.2. The summed E-state index contributed by atoms with van der Waals surface area (Å²) < 4.78 is 21.0. The molecule has 0 atom stereocenters. The van der Waals surface area contributed by atoms with E-state index in [2.05, 4.69) is 4.98 Å². The summed E-state index contributed by atoms with van der Waals surface area (Å²) in [6, 6.07) is 6.39. The van der Waals surface area contributed by atoms with Gasteiger partial charge < -0.3 is 9.30 Å². The van der Waals surface area contributed by atoms with Gasteiger partial charge in [0.25, 0.3) is 0 Å². The molecule has 3 aromatic rings. The summed E-state index contributed by atoms with van der Waals surface area (Å²) in [5.74, 6) is 0.672. The van der Waals surface area contributed by atoms with E-state index in [9.17, 15) is 4.39 Å². The van der Waals surface area contributed by atoms with Crippen LogP contribution >= 0.6 is 11.3 Å². The van der Waals surface area contributed by atoms with Crippen molar-refractivity contribution in [2.75, 3.05) is 6.61 Å². The van der Waals surface area contributed by atoms with Gasteiger partial charge in [0.05, 0.1) is 18.6 Å². The fourth-order valence-electron chi connectivity index (χ4n) is 2.78. The van der Waals surface area contributed by atoms with Crippen LogP contribution in [0.2, 0.25) is 0 Å². The summed E-state index contributed by atoms with van der Waals surface area (Å²) in [4.78, 5) is 9.29. The van der Waals surface area contributed by atoms with E-state index in [4.69, 9.17) is 9.72 Å². The van der Waals surface area contributed by atoms with E-state index < -0.39 is 0 Å². The van der Waals surface area contributed by atoms with Crippen molar-refractivity contribution in [2.45, 2.75) is 19.8 Å². The lowest BCUT2D eigenvalue weighted by Crippen LogP contribution is -1.94. The Balaban J connectivity index is 1.75. The highest BCUT2D eigenvalue weighted by Crippen LogP contribution is 2.39. The molecule has 128 valence electrons. The molecule has 0 amide bonds. The first-order valence-electron chi connectivity index (χ1n) is 8.25. The van der Waals surface area contributed by atoms with Crippen molar-refractivity contribution in [3.05, 3.63) is 53.1 Å². The highest BCUT2D eigenvalue weighted by atomic mass is 32.1. The minimum absolute atomic E-state index is 0.254. The quantitative estimate of drug-likeness (QED) is 0.612. The van der Waals surface area contributed by atoms with Crippen LogP contribution in [0.1, 0.15) is 25.5 Å². The molecule has 4 nitrogen and oxygen atoms in total. The summed E-state index contributed by atoms with van der Waals surface area (Å²) >= 11 is 1.57. The van der Waals surface area contributed by atoms with Crippen LogP contribution in [0.15, 0.2) is 41.5 Å². The number of halogens is 1. The first kappa shape index (κ1) is 16.0. The van der Waals surface area contributed by atoms with Crippen LogP contribution in [0.3, 0.4) is 0 Å². The molecule has 0 radical (unpaired) electrons. The number of hydrogen-bond donors (Lipinski definition) is 0. The van der Waals surface area contributed by atoms with E-state index in [-0.39, 0.29) is 5.82 Å². The van der Waals surface area contributed by atoms with Crippen LogP contribution in [0.5, 0.6) is 0 Å². The second kappa shape index (κ2) is 6.44. The molecule has 0 aliphatic heterocycles. The van der Waals surface area contributed by atoms with E-state index >= 15 is 0 Å². The summed E-state index contributed by atoms with van der Waals surface area (Å²) in [6.45, 7) is 2.63. The summed E-state index contributed by atoms with van der Waals surface area (Å²) in [6.07, 6.45) is 3.95. The molecule has 1 fully saturated rings. The van der Waals surface area contributed by atoms with Crippen molar-refractivity contribution in [1.82, 2.24) is 14.5 Å². The van der Waals surface area contributed by atoms with E-state index in [1.807, 2.05) is 23.9 Å². The van der Waals surface area contributed by atoms with E-state index in [1.54, 1.807) is 29.8 Å². The standard InChI is InChI=1S/C19H18FN3OS/c1-3-24-18(13-4-5-13)15-10-25-19(22-15)17-16(21-11-23(17)2)12-6-8-14(20)9-7-12/h6-11H,3-5H2,1-2H3. The molecule has 4 rings (SSSR count). The maximum Gasteiger partial charge on any atom is 0.144 e. The molecule has 2 heterocycles. The van der Waals surface area contributed by atoms with E-state index in [0.717, 1.165) is 46.3 Å². The van der Waals surface area contributed by atoms with Crippen molar-refractivity contribution in [3.63, 3.8) is 0 Å². The molecule has 2 aromatic heterocycles. The Kier molecular flexibility index (Phi) is 4.13. The zero-order chi connectivity index (χ0) is 17.4. The third-order valence-electron chi connectivity index (χ3n) is 4.10. The van der Waals surface area contributed by atoms with Crippen molar-refractivity contribution < 1.29 is 9.13 Å². The highest BCUT2D eigenvalue weighted by Gasteiger charge is 2.24. The first-order valence-corrected chi connectivity index (χ1v) is 9.13. The number of imidazole rings is 1. The van der Waals surface area contributed by atoms with Crippen LogP contribution in [-0.2, 0) is 11.8 Å². The summed E-state index contributed by atoms with van der Waals surface area (Å²) in [5, 5.41) is 2.92. The van der Waals surface area contributed by atoms with Gasteiger partial charge in [-0.2, -0.15) is 0 Å². The van der Waals surface area contributed by atoms with Crippen molar-refractivity contribution in [1.29, 1.82) is 0 Å². The van der Waals surface area contributed by atoms with Gasteiger partial charge in [-0.3, -0.25) is 0 Å². The lowest BCUT2D eigenvalue weighted by atomic mass is 10.1. The fourth-order valence-corrected chi connectivity index (χ4v) is 3.67. The summed E-state index contributed by atoms with van der Waals surface area (Å²) in [7, 11) is 1.94. The minimum atomic E-state index is -0.254. The number of aryl methyl sites for hydroxylation is 1. The predicted octanol–water partition coefficient (Wildman–Crippen LogP) is 4.89. The molecule has 1 saturated carbocycles. The maximum absolute atomic E-state index is 13.2. The number of allylic oxidation sites excluding steroid dienone is 1. The Morgan fingerprint density at radius 3 is 2.72 bits per heavy atom. The lowest BCUT2D eigenvalue weighted by molar-refractivity contribution is 0.296. The van der Waals surface area contributed by atoms with Gasteiger partial charge in [0.2, 0.25) is 0 Å². The monoisotopic (exact) mass is 355 g/mol. The normalized spacial score (nSPS) is 13.2. The Morgan fingerprint density at radius 2 is 2.04 bits per heavy atom. The van der Waals surface area contributed by atoms with Gasteiger partial charge in [-0.25, -0.2) is 14.4 Å². The van der Waals surface area contributed by atoms with Gasteiger partial charge in [-0.1, -0.05) is 0 Å². The van der Waals surface area contributed by atoms with Crippen LogP contribution in [-0.4, -0.2) is 21.1 Å². The zero-order valence-corrected chi connectivity index (χ0v) is 14.9. The highest BCUT2D eigenvalue weighted by molar-refractivity contribution is 7.13. The number of rotatable bonds is 5. The average Bonchev–Trinajstić information content (AvgIpc) is 3.21. The Hall–Kier alpha value is -2.47. The largest absolute Gasteiger partial charge is 0.492 e. The van der Waals surface area contributed by atoms with Gasteiger partial charge in [0.1, 0.15) is 28.0 Å². The second-order valence-corrected chi connectivity index (χ2v) is 6.82. The number of ether oxygens (including phenoxy) is 1. The molecule has 0 unspecified atom stereocenters.